The first-order valence-corrected chi connectivity index (χ1v) is 21.7. The van der Waals surface area contributed by atoms with Crippen LogP contribution in [-0.4, -0.2) is 9.97 Å². The third-order valence-corrected chi connectivity index (χ3v) is 12.7. The maximum Gasteiger partial charge on any atom is 0.160 e. The van der Waals surface area contributed by atoms with E-state index < -0.39 is 0 Å². The fourth-order valence-electron chi connectivity index (χ4n) is 9.47. The standard InChI is InChI=1S/C61H44N2/c1-61(2)55-29-16-15-28-51(55)54-37-48(34-35-56(54)61)53-39-50(41-18-7-3-8-19-41)38-52(59(53)45-22-11-5-12-23-45)43-32-30-42(31-33-43)47-26-17-27-49(36-47)58-40-57(44-20-9-4-10-21-44)62-60(63-58)46-24-13-6-14-25-46/h3-40H,1-2H3. The highest BCUT2D eigenvalue weighted by Gasteiger charge is 2.35. The Morgan fingerprint density at radius 1 is 0.270 bits per heavy atom. The summed E-state index contributed by atoms with van der Waals surface area (Å²) in [5.74, 6) is 0.710. The molecule has 2 heteroatoms. The Balaban J connectivity index is 1.04. The van der Waals surface area contributed by atoms with Gasteiger partial charge in [-0.25, -0.2) is 9.97 Å². The normalized spacial score (nSPS) is 12.4. The van der Waals surface area contributed by atoms with Gasteiger partial charge >= 0.3 is 0 Å². The van der Waals surface area contributed by atoms with E-state index in [0.29, 0.717) is 5.82 Å². The Labute approximate surface area is 369 Å². The highest BCUT2D eigenvalue weighted by atomic mass is 14.9. The first-order valence-electron chi connectivity index (χ1n) is 21.7. The van der Waals surface area contributed by atoms with Crippen LogP contribution >= 0.6 is 0 Å². The smallest absolute Gasteiger partial charge is 0.160 e. The maximum atomic E-state index is 5.12. The van der Waals surface area contributed by atoms with Crippen LogP contribution < -0.4 is 0 Å². The van der Waals surface area contributed by atoms with Gasteiger partial charge in [-0.3, -0.25) is 0 Å². The molecule has 0 spiro atoms. The summed E-state index contributed by atoms with van der Waals surface area (Å²) in [5, 5.41) is 0. The second-order valence-electron chi connectivity index (χ2n) is 17.0. The van der Waals surface area contributed by atoms with Gasteiger partial charge in [0.1, 0.15) is 0 Å². The average molecular weight is 805 g/mol. The molecule has 0 amide bonds. The molecule has 0 fully saturated rings. The molecule has 0 atom stereocenters. The lowest BCUT2D eigenvalue weighted by atomic mass is 9.81. The highest BCUT2D eigenvalue weighted by Crippen LogP contribution is 2.51. The zero-order chi connectivity index (χ0) is 42.3. The fraction of sp³-hybridized carbons (Fsp3) is 0.0492. The quantitative estimate of drug-likeness (QED) is 0.153. The van der Waals surface area contributed by atoms with Crippen LogP contribution in [0.15, 0.2) is 231 Å². The summed E-state index contributed by atoms with van der Waals surface area (Å²) in [6.45, 7) is 4.70. The van der Waals surface area contributed by atoms with Crippen molar-refractivity contribution in [2.24, 2.45) is 0 Å². The minimum Gasteiger partial charge on any atom is -0.228 e. The molecule has 1 heterocycles. The van der Waals surface area contributed by atoms with Gasteiger partial charge in [-0.1, -0.05) is 214 Å². The molecule has 0 N–H and O–H groups in total. The number of fused-ring (bicyclic) bond motifs is 3. The number of hydrogen-bond acceptors (Lipinski definition) is 2. The minimum absolute atomic E-state index is 0.0595. The number of nitrogens with zero attached hydrogens (tertiary/aromatic N) is 2. The molecule has 9 aromatic carbocycles. The van der Waals surface area contributed by atoms with Gasteiger partial charge in [0.05, 0.1) is 11.4 Å². The lowest BCUT2D eigenvalue weighted by molar-refractivity contribution is 0.660. The van der Waals surface area contributed by atoms with Gasteiger partial charge in [-0.2, -0.15) is 0 Å². The Hall–Kier alpha value is -7.94. The minimum atomic E-state index is -0.0595. The third-order valence-electron chi connectivity index (χ3n) is 12.7. The van der Waals surface area contributed by atoms with E-state index in [-0.39, 0.29) is 5.41 Å². The summed E-state index contributed by atoms with van der Waals surface area (Å²) in [5.41, 5.74) is 22.1. The summed E-state index contributed by atoms with van der Waals surface area (Å²) in [6.07, 6.45) is 0. The monoisotopic (exact) mass is 804 g/mol. The zero-order valence-electron chi connectivity index (χ0n) is 35.3. The van der Waals surface area contributed by atoms with Crippen molar-refractivity contribution in [1.29, 1.82) is 0 Å². The molecule has 0 saturated heterocycles. The van der Waals surface area contributed by atoms with Crippen molar-refractivity contribution in [2.45, 2.75) is 19.3 Å². The van der Waals surface area contributed by atoms with Crippen LogP contribution in [0.2, 0.25) is 0 Å². The Kier molecular flexibility index (Phi) is 9.55. The predicted octanol–water partition coefficient (Wildman–Crippen LogP) is 16.1. The van der Waals surface area contributed by atoms with Gasteiger partial charge in [0, 0.05) is 22.1 Å². The SMILES string of the molecule is CC1(C)c2ccccc2-c2cc(-c3cc(-c4ccccc4)cc(-c4ccc(-c5cccc(-c6cc(-c7ccccc7)nc(-c7ccccc7)n6)c5)cc4)c3-c3ccccc3)ccc21. The molecule has 0 saturated carbocycles. The lowest BCUT2D eigenvalue weighted by Gasteiger charge is -2.22. The molecular formula is C61H44N2. The van der Waals surface area contributed by atoms with E-state index >= 15 is 0 Å². The van der Waals surface area contributed by atoms with Crippen LogP contribution in [0, 0.1) is 0 Å². The summed E-state index contributed by atoms with van der Waals surface area (Å²) in [7, 11) is 0. The van der Waals surface area contributed by atoms with E-state index in [1.165, 1.54) is 61.2 Å². The molecule has 1 aliphatic carbocycles. The fourth-order valence-corrected chi connectivity index (χ4v) is 9.47. The molecule has 63 heavy (non-hydrogen) atoms. The first-order chi connectivity index (χ1) is 31.0. The van der Waals surface area contributed by atoms with Crippen molar-refractivity contribution < 1.29 is 0 Å². The van der Waals surface area contributed by atoms with Crippen LogP contribution in [0.3, 0.4) is 0 Å². The van der Waals surface area contributed by atoms with Crippen molar-refractivity contribution in [3.8, 4) is 101 Å². The van der Waals surface area contributed by atoms with Crippen LogP contribution in [-0.2, 0) is 5.41 Å². The van der Waals surface area contributed by atoms with Crippen molar-refractivity contribution in [3.05, 3.63) is 242 Å². The molecule has 1 aromatic heterocycles. The lowest BCUT2D eigenvalue weighted by Crippen LogP contribution is -2.14. The van der Waals surface area contributed by atoms with Gasteiger partial charge in [-0.15, -0.1) is 0 Å². The molecular weight excluding hydrogens is 761 g/mol. The molecule has 298 valence electrons. The zero-order valence-corrected chi connectivity index (χ0v) is 35.3. The molecule has 0 aliphatic heterocycles. The van der Waals surface area contributed by atoms with Crippen LogP contribution in [0.5, 0.6) is 0 Å². The first kappa shape index (κ1) is 38.0. The van der Waals surface area contributed by atoms with Crippen LogP contribution in [0.1, 0.15) is 25.0 Å². The van der Waals surface area contributed by atoms with Crippen LogP contribution in [0.25, 0.3) is 101 Å². The van der Waals surface area contributed by atoms with E-state index in [4.69, 9.17) is 9.97 Å². The van der Waals surface area contributed by atoms with Crippen molar-refractivity contribution in [2.75, 3.05) is 0 Å². The largest absolute Gasteiger partial charge is 0.228 e. The van der Waals surface area contributed by atoms with Crippen LogP contribution in [0.4, 0.5) is 0 Å². The summed E-state index contributed by atoms with van der Waals surface area (Å²) in [6, 6.07) is 83.0. The van der Waals surface area contributed by atoms with E-state index in [0.717, 1.165) is 44.8 Å². The third kappa shape index (κ3) is 7.06. The number of hydrogen-bond donors (Lipinski definition) is 0. The van der Waals surface area contributed by atoms with Crippen molar-refractivity contribution >= 4 is 0 Å². The summed E-state index contributed by atoms with van der Waals surface area (Å²) >= 11 is 0. The Morgan fingerprint density at radius 3 is 1.41 bits per heavy atom. The number of aromatic nitrogens is 2. The second kappa shape index (κ2) is 15.8. The van der Waals surface area contributed by atoms with E-state index in [9.17, 15) is 0 Å². The Morgan fingerprint density at radius 2 is 0.730 bits per heavy atom. The van der Waals surface area contributed by atoms with E-state index in [1.807, 2.05) is 24.3 Å². The highest BCUT2D eigenvalue weighted by molar-refractivity contribution is 5.99. The van der Waals surface area contributed by atoms with Gasteiger partial charge in [-0.05, 0) is 108 Å². The molecule has 1 aliphatic rings. The molecule has 10 aromatic rings. The average Bonchev–Trinajstić information content (AvgIpc) is 3.59. The predicted molar refractivity (Wildman–Crippen MR) is 263 cm³/mol. The second-order valence-corrected chi connectivity index (χ2v) is 17.0. The number of benzene rings is 9. The van der Waals surface area contributed by atoms with Gasteiger partial charge < -0.3 is 0 Å². The van der Waals surface area contributed by atoms with Gasteiger partial charge in [0.25, 0.3) is 0 Å². The summed E-state index contributed by atoms with van der Waals surface area (Å²) in [4.78, 5) is 10.1. The van der Waals surface area contributed by atoms with E-state index in [1.54, 1.807) is 0 Å². The molecule has 0 bridgehead atoms. The molecule has 0 unspecified atom stereocenters. The van der Waals surface area contributed by atoms with Crippen molar-refractivity contribution in [3.63, 3.8) is 0 Å². The summed E-state index contributed by atoms with van der Waals surface area (Å²) < 4.78 is 0. The Bertz CT molecular complexity index is 3200. The molecule has 2 nitrogen and oxygen atoms in total. The number of rotatable bonds is 8. The maximum absolute atomic E-state index is 5.12. The van der Waals surface area contributed by atoms with Crippen molar-refractivity contribution in [1.82, 2.24) is 9.97 Å². The molecule has 11 rings (SSSR count). The topological polar surface area (TPSA) is 25.8 Å². The van der Waals surface area contributed by atoms with Gasteiger partial charge in [0.15, 0.2) is 5.82 Å². The molecule has 0 radical (unpaired) electrons. The van der Waals surface area contributed by atoms with E-state index in [2.05, 4.69) is 220 Å². The van der Waals surface area contributed by atoms with Gasteiger partial charge in [0.2, 0.25) is 0 Å².